The maximum Gasteiger partial charge on any atom is 0.468 e. The summed E-state index contributed by atoms with van der Waals surface area (Å²) in [4.78, 5) is 0. The lowest BCUT2D eigenvalue weighted by Crippen LogP contribution is -2.02. The van der Waals surface area contributed by atoms with Crippen molar-refractivity contribution in [1.82, 2.24) is 0 Å². The third kappa shape index (κ3) is 14.9. The van der Waals surface area contributed by atoms with Crippen molar-refractivity contribution in [3.8, 4) is 0 Å². The molecule has 0 radical (unpaired) electrons. The van der Waals surface area contributed by atoms with Crippen molar-refractivity contribution in [3.05, 3.63) is 12.2 Å². The molecule has 0 aromatic heterocycles. The van der Waals surface area contributed by atoms with E-state index in [-0.39, 0.29) is 18.2 Å². The van der Waals surface area contributed by atoms with Crippen LogP contribution in [0.3, 0.4) is 0 Å². The molecule has 0 aliphatic heterocycles. The Labute approximate surface area is 109 Å². The van der Waals surface area contributed by atoms with E-state index in [0.29, 0.717) is 6.79 Å². The summed E-state index contributed by atoms with van der Waals surface area (Å²) in [6, 6.07) is 0. The van der Waals surface area contributed by atoms with Gasteiger partial charge in [-0.05, 0) is 12.8 Å². The van der Waals surface area contributed by atoms with Gasteiger partial charge in [0.2, 0.25) is 0 Å². The highest BCUT2D eigenvalue weighted by atomic mass is 79.9. The summed E-state index contributed by atoms with van der Waals surface area (Å²) < 4.78 is 11.9. The summed E-state index contributed by atoms with van der Waals surface area (Å²) in [7, 11) is 0. The molecule has 2 nitrogen and oxygen atoms in total. The second kappa shape index (κ2) is 14.9. The van der Waals surface area contributed by atoms with Gasteiger partial charge in [-0.15, -0.1) is 4.55 Å². The molecular weight excluding hydrogens is 268 g/mol. The summed E-state index contributed by atoms with van der Waals surface area (Å²) in [5.74, 6) is 0. The highest BCUT2D eigenvalue weighted by Gasteiger charge is 1.88. The minimum atomic E-state index is 0.0680. The van der Waals surface area contributed by atoms with Crippen molar-refractivity contribution in [2.75, 3.05) is 20.0 Å². The Kier molecular flexibility index (Phi) is 15.8. The van der Waals surface area contributed by atoms with E-state index in [9.17, 15) is 0 Å². The molecular formula is C11H21BrMgO2. The minimum absolute atomic E-state index is 0.0680. The monoisotopic (exact) mass is 288 g/mol. The predicted octanol–water partition coefficient (Wildman–Crippen LogP) is 3.55. The van der Waals surface area contributed by atoms with E-state index in [2.05, 4.69) is 32.0 Å². The average molecular weight is 289 g/mol. The molecule has 0 atom stereocenters. The quantitative estimate of drug-likeness (QED) is 0.251. The van der Waals surface area contributed by atoms with Crippen LogP contribution in [-0.2, 0) is 9.47 Å². The zero-order valence-electron chi connectivity index (χ0n) is 9.71. The Morgan fingerprint density at radius 2 is 1.87 bits per heavy atom. The second-order valence-electron chi connectivity index (χ2n) is 3.38. The molecule has 0 aromatic carbocycles. The molecule has 0 aliphatic rings. The molecule has 0 unspecified atom stereocenters. The zero-order valence-corrected chi connectivity index (χ0v) is 12.7. The standard InChI is InChI=1S/C11H21O2.BrH.Mg/c1-3-5-7-8-10-13-11-12-9-6-4-2;;/h5,7H,1,3-4,6,8-11H2,2H3;1H;/q;;+1/p-1/b7-5-;;. The van der Waals surface area contributed by atoms with Crippen molar-refractivity contribution in [1.29, 1.82) is 0 Å². The molecule has 4 heteroatoms. The molecule has 0 fully saturated rings. The van der Waals surface area contributed by atoms with Gasteiger partial charge in [-0.3, -0.25) is 0 Å². The fourth-order valence-electron chi connectivity index (χ4n) is 1.01. The summed E-state index contributed by atoms with van der Waals surface area (Å²) in [5.41, 5.74) is 0. The van der Waals surface area contributed by atoms with Crippen molar-refractivity contribution < 1.29 is 9.47 Å². The maximum absolute atomic E-state index is 5.31. The fraction of sp³-hybridized carbons (Fsp3) is 0.818. The number of ether oxygens (including phenoxy) is 2. The molecule has 0 bridgehead atoms. The zero-order chi connectivity index (χ0) is 11.2. The number of hydrogen-bond donors (Lipinski definition) is 0. The van der Waals surface area contributed by atoms with Crippen LogP contribution in [0.15, 0.2) is 12.2 Å². The number of rotatable bonds is 11. The first-order chi connectivity index (χ1) is 7.41. The van der Waals surface area contributed by atoms with Gasteiger partial charge >= 0.3 is 18.2 Å². The van der Waals surface area contributed by atoms with Crippen LogP contribution in [0.4, 0.5) is 0 Å². The van der Waals surface area contributed by atoms with Crippen LogP contribution in [0.25, 0.3) is 0 Å². The largest absolute Gasteiger partial charge is 0.468 e. The SMILES string of the molecule is CCCCOCOCC/C=C\C[CH2][Mg][Br]. The van der Waals surface area contributed by atoms with Crippen molar-refractivity contribution in [2.24, 2.45) is 0 Å². The van der Waals surface area contributed by atoms with Crippen LogP contribution in [0.1, 0.15) is 32.6 Å². The first-order valence-electron chi connectivity index (χ1n) is 5.78. The summed E-state index contributed by atoms with van der Waals surface area (Å²) >= 11 is 3.61. The molecule has 0 spiro atoms. The molecule has 0 heterocycles. The molecule has 0 aliphatic carbocycles. The van der Waals surface area contributed by atoms with Gasteiger partial charge in [0.05, 0.1) is 6.61 Å². The smallest absolute Gasteiger partial charge is 0.355 e. The van der Waals surface area contributed by atoms with Crippen LogP contribution in [0, 0.1) is 0 Å². The first kappa shape index (κ1) is 15.9. The van der Waals surface area contributed by atoms with Crippen molar-refractivity contribution in [3.63, 3.8) is 0 Å². The summed E-state index contributed by atoms with van der Waals surface area (Å²) in [6.45, 7) is 4.20. The normalized spacial score (nSPS) is 10.8. The Morgan fingerprint density at radius 1 is 1.13 bits per heavy atom. The average Bonchev–Trinajstić information content (AvgIpc) is 2.26. The van der Waals surface area contributed by atoms with E-state index < -0.39 is 0 Å². The van der Waals surface area contributed by atoms with Gasteiger partial charge in [0.1, 0.15) is 6.79 Å². The van der Waals surface area contributed by atoms with Crippen LogP contribution in [0.2, 0.25) is 4.55 Å². The fourth-order valence-corrected chi connectivity index (χ4v) is 2.37. The Bertz CT molecular complexity index is 143. The lowest BCUT2D eigenvalue weighted by atomic mass is 10.3. The number of halogens is 1. The van der Waals surface area contributed by atoms with E-state index in [1.165, 1.54) is 17.4 Å². The molecule has 15 heavy (non-hydrogen) atoms. The molecule has 0 saturated carbocycles. The van der Waals surface area contributed by atoms with Gasteiger partial charge in [0.15, 0.2) is 0 Å². The Morgan fingerprint density at radius 3 is 2.60 bits per heavy atom. The minimum Gasteiger partial charge on any atom is -0.355 e. The molecule has 86 valence electrons. The topological polar surface area (TPSA) is 18.5 Å². The summed E-state index contributed by atoms with van der Waals surface area (Å²) in [5, 5.41) is 0. The molecule has 0 aromatic rings. The lowest BCUT2D eigenvalue weighted by Gasteiger charge is -2.03. The summed E-state index contributed by atoms with van der Waals surface area (Å²) in [6.07, 6.45) is 8.96. The van der Waals surface area contributed by atoms with E-state index >= 15 is 0 Å². The van der Waals surface area contributed by atoms with Crippen molar-refractivity contribution >= 4 is 31.1 Å². The maximum atomic E-state index is 5.31. The van der Waals surface area contributed by atoms with E-state index in [0.717, 1.165) is 26.1 Å². The molecule has 0 amide bonds. The second-order valence-corrected chi connectivity index (χ2v) is 6.84. The van der Waals surface area contributed by atoms with Crippen molar-refractivity contribution in [2.45, 2.75) is 37.2 Å². The van der Waals surface area contributed by atoms with Gasteiger partial charge in [0.25, 0.3) is 0 Å². The van der Waals surface area contributed by atoms with E-state index in [4.69, 9.17) is 9.47 Å². The van der Waals surface area contributed by atoms with Gasteiger partial charge in [0, 0.05) is 6.61 Å². The Hall–Kier alpha value is 0.906. The third-order valence-corrected chi connectivity index (χ3v) is 4.27. The molecule has 0 N–H and O–H groups in total. The number of allylic oxidation sites excluding steroid dienone is 1. The first-order valence-corrected chi connectivity index (χ1v) is 10.7. The van der Waals surface area contributed by atoms with E-state index in [1.54, 1.807) is 0 Å². The number of hydrogen-bond acceptors (Lipinski definition) is 2. The van der Waals surface area contributed by atoms with Crippen LogP contribution in [-0.4, -0.2) is 38.2 Å². The van der Waals surface area contributed by atoms with Crippen LogP contribution < -0.4 is 0 Å². The molecule has 0 saturated heterocycles. The van der Waals surface area contributed by atoms with E-state index in [1.807, 2.05) is 0 Å². The lowest BCUT2D eigenvalue weighted by molar-refractivity contribution is -0.0528. The number of unbranched alkanes of at least 4 members (excludes halogenated alkanes) is 1. The predicted molar refractivity (Wildman–Crippen MR) is 69.5 cm³/mol. The van der Waals surface area contributed by atoms with Gasteiger partial charge in [-0.2, -0.15) is 0 Å². The Balaban J connectivity index is 2.95. The van der Waals surface area contributed by atoms with Gasteiger partial charge in [-0.25, -0.2) is 0 Å². The molecule has 0 rings (SSSR count). The van der Waals surface area contributed by atoms with Gasteiger partial charge < -0.3 is 22.4 Å². The third-order valence-electron chi connectivity index (χ3n) is 1.91. The highest BCUT2D eigenvalue weighted by Crippen LogP contribution is 1.96. The van der Waals surface area contributed by atoms with Crippen LogP contribution >= 0.6 is 12.9 Å². The van der Waals surface area contributed by atoms with Gasteiger partial charge in [-0.1, -0.05) is 31.9 Å². The highest BCUT2D eigenvalue weighted by molar-refractivity contribution is 9.23. The van der Waals surface area contributed by atoms with Crippen LogP contribution in [0.5, 0.6) is 0 Å².